The molecule has 1 aromatic carbocycles. The summed E-state index contributed by atoms with van der Waals surface area (Å²) in [6.45, 7) is 0. The zero-order valence-corrected chi connectivity index (χ0v) is 7.18. The van der Waals surface area contributed by atoms with Crippen LogP contribution in [0.4, 0.5) is 4.39 Å². The zero-order chi connectivity index (χ0) is 9.97. The molecule has 0 atom stereocenters. The summed E-state index contributed by atoms with van der Waals surface area (Å²) in [5, 5.41) is 12.7. The first-order valence-corrected chi connectivity index (χ1v) is 4.01. The van der Waals surface area contributed by atoms with Gasteiger partial charge >= 0.3 is 0 Å². The van der Waals surface area contributed by atoms with Gasteiger partial charge in [0.15, 0.2) is 0 Å². The Morgan fingerprint density at radius 2 is 2.21 bits per heavy atom. The van der Waals surface area contributed by atoms with E-state index in [4.69, 9.17) is 5.26 Å². The third-order valence-electron chi connectivity index (χ3n) is 1.81. The molecule has 3 nitrogen and oxygen atoms in total. The lowest BCUT2D eigenvalue weighted by Crippen LogP contribution is -1.99. The molecule has 0 fully saturated rings. The van der Waals surface area contributed by atoms with Gasteiger partial charge in [0, 0.05) is 0 Å². The molecule has 2 rings (SSSR count). The highest BCUT2D eigenvalue weighted by molar-refractivity contribution is 5.36. The molecule has 2 aromatic rings. The van der Waals surface area contributed by atoms with Crippen molar-refractivity contribution in [3.8, 4) is 11.8 Å². The largest absolute Gasteiger partial charge is 0.223 e. The summed E-state index contributed by atoms with van der Waals surface area (Å²) in [5.41, 5.74) is 0.933. The van der Waals surface area contributed by atoms with E-state index >= 15 is 0 Å². The van der Waals surface area contributed by atoms with E-state index in [2.05, 4.69) is 5.10 Å². The highest BCUT2D eigenvalue weighted by atomic mass is 19.1. The fourth-order valence-corrected chi connectivity index (χ4v) is 1.20. The van der Waals surface area contributed by atoms with E-state index in [-0.39, 0.29) is 5.82 Å². The number of benzene rings is 1. The Bertz CT molecular complexity index is 496. The predicted molar refractivity (Wildman–Crippen MR) is 48.2 cm³/mol. The molecule has 0 saturated carbocycles. The summed E-state index contributed by atoms with van der Waals surface area (Å²) in [4.78, 5) is 0. The first-order valence-electron chi connectivity index (χ1n) is 4.01. The van der Waals surface area contributed by atoms with Gasteiger partial charge < -0.3 is 0 Å². The minimum absolute atomic E-state index is 0.345. The molecule has 0 amide bonds. The van der Waals surface area contributed by atoms with Gasteiger partial charge in [-0.3, -0.25) is 0 Å². The van der Waals surface area contributed by atoms with Gasteiger partial charge in [-0.2, -0.15) is 10.4 Å². The summed E-state index contributed by atoms with van der Waals surface area (Å²) in [5.74, 6) is -0.345. The maximum absolute atomic E-state index is 12.9. The van der Waals surface area contributed by atoms with Crippen molar-refractivity contribution in [2.75, 3.05) is 0 Å². The van der Waals surface area contributed by atoms with Gasteiger partial charge in [0.05, 0.1) is 11.9 Å². The topological polar surface area (TPSA) is 41.6 Å². The number of nitrogens with zero attached hydrogens (tertiary/aromatic N) is 3. The molecule has 0 unspecified atom stereocenters. The van der Waals surface area contributed by atoms with Gasteiger partial charge in [0.2, 0.25) is 0 Å². The molecule has 68 valence electrons. The van der Waals surface area contributed by atoms with Crippen LogP contribution in [0.2, 0.25) is 0 Å². The van der Waals surface area contributed by atoms with Gasteiger partial charge in [-0.1, -0.05) is 6.07 Å². The minimum Gasteiger partial charge on any atom is -0.223 e. The predicted octanol–water partition coefficient (Wildman–Crippen LogP) is 1.88. The van der Waals surface area contributed by atoms with Crippen LogP contribution in [-0.2, 0) is 0 Å². The van der Waals surface area contributed by atoms with E-state index in [0.29, 0.717) is 11.4 Å². The molecule has 0 spiro atoms. The lowest BCUT2D eigenvalue weighted by Gasteiger charge is -2.01. The number of hydrogen-bond donors (Lipinski definition) is 0. The lowest BCUT2D eigenvalue weighted by atomic mass is 10.3. The van der Waals surface area contributed by atoms with E-state index in [1.165, 1.54) is 23.0 Å². The SMILES string of the molecule is N#Cc1ccnn1-c1cccc(F)c1. The Kier molecular flexibility index (Phi) is 1.99. The minimum atomic E-state index is -0.345. The van der Waals surface area contributed by atoms with E-state index < -0.39 is 0 Å². The van der Waals surface area contributed by atoms with Crippen LogP contribution in [0.15, 0.2) is 36.5 Å². The van der Waals surface area contributed by atoms with Crippen molar-refractivity contribution in [1.29, 1.82) is 5.26 Å². The molecule has 14 heavy (non-hydrogen) atoms. The van der Waals surface area contributed by atoms with Crippen molar-refractivity contribution < 1.29 is 4.39 Å². The Morgan fingerprint density at radius 3 is 2.93 bits per heavy atom. The number of hydrogen-bond acceptors (Lipinski definition) is 2. The van der Waals surface area contributed by atoms with E-state index in [1.54, 1.807) is 18.2 Å². The third kappa shape index (κ3) is 1.36. The maximum atomic E-state index is 12.9. The Labute approximate surface area is 80.0 Å². The Balaban J connectivity index is 2.56. The smallest absolute Gasteiger partial charge is 0.144 e. The van der Waals surface area contributed by atoms with Crippen molar-refractivity contribution >= 4 is 0 Å². The summed E-state index contributed by atoms with van der Waals surface area (Å²) >= 11 is 0. The van der Waals surface area contributed by atoms with Gasteiger partial charge in [-0.15, -0.1) is 0 Å². The molecule has 0 bridgehead atoms. The number of halogens is 1. The highest BCUT2D eigenvalue weighted by Crippen LogP contribution is 2.10. The van der Waals surface area contributed by atoms with Gasteiger partial charge in [0.25, 0.3) is 0 Å². The van der Waals surface area contributed by atoms with Crippen LogP contribution < -0.4 is 0 Å². The van der Waals surface area contributed by atoms with Gasteiger partial charge in [0.1, 0.15) is 17.6 Å². The average Bonchev–Trinajstić information content (AvgIpc) is 2.65. The molecule has 1 aromatic heterocycles. The molecule has 0 aliphatic carbocycles. The monoisotopic (exact) mass is 187 g/mol. The normalized spacial score (nSPS) is 9.71. The van der Waals surface area contributed by atoms with Gasteiger partial charge in [-0.25, -0.2) is 9.07 Å². The third-order valence-corrected chi connectivity index (χ3v) is 1.81. The summed E-state index contributed by atoms with van der Waals surface area (Å²) < 4.78 is 14.3. The van der Waals surface area contributed by atoms with Crippen LogP contribution >= 0.6 is 0 Å². The number of nitriles is 1. The van der Waals surface area contributed by atoms with Crippen LogP contribution in [-0.4, -0.2) is 9.78 Å². The summed E-state index contributed by atoms with van der Waals surface area (Å²) in [7, 11) is 0. The van der Waals surface area contributed by atoms with E-state index in [9.17, 15) is 4.39 Å². The molecule has 0 radical (unpaired) electrons. The van der Waals surface area contributed by atoms with E-state index in [1.807, 2.05) is 6.07 Å². The van der Waals surface area contributed by atoms with Gasteiger partial charge in [-0.05, 0) is 24.3 Å². The zero-order valence-electron chi connectivity index (χ0n) is 7.18. The second-order valence-electron chi connectivity index (χ2n) is 2.72. The Morgan fingerprint density at radius 1 is 1.36 bits per heavy atom. The summed E-state index contributed by atoms with van der Waals surface area (Å²) in [6.07, 6.45) is 1.50. The van der Waals surface area contributed by atoms with E-state index in [0.717, 1.165) is 0 Å². The van der Waals surface area contributed by atoms with Crippen molar-refractivity contribution in [2.24, 2.45) is 0 Å². The molecule has 0 aliphatic rings. The lowest BCUT2D eigenvalue weighted by molar-refractivity contribution is 0.625. The number of rotatable bonds is 1. The molecule has 0 N–H and O–H groups in total. The molecule has 4 heteroatoms. The fourth-order valence-electron chi connectivity index (χ4n) is 1.20. The van der Waals surface area contributed by atoms with Crippen LogP contribution in [0, 0.1) is 17.1 Å². The number of aromatic nitrogens is 2. The van der Waals surface area contributed by atoms with Crippen molar-refractivity contribution in [1.82, 2.24) is 9.78 Å². The van der Waals surface area contributed by atoms with Crippen molar-refractivity contribution in [3.05, 3.63) is 48.0 Å². The first kappa shape index (κ1) is 8.45. The first-order chi connectivity index (χ1) is 6.81. The fraction of sp³-hybridized carbons (Fsp3) is 0. The molecular formula is C10H6FN3. The van der Waals surface area contributed by atoms with Crippen molar-refractivity contribution in [2.45, 2.75) is 0 Å². The second-order valence-corrected chi connectivity index (χ2v) is 2.72. The average molecular weight is 187 g/mol. The van der Waals surface area contributed by atoms with Crippen molar-refractivity contribution in [3.63, 3.8) is 0 Å². The molecule has 1 heterocycles. The molecule has 0 saturated heterocycles. The molecule has 0 aliphatic heterocycles. The van der Waals surface area contributed by atoms with Crippen LogP contribution in [0.1, 0.15) is 5.69 Å². The van der Waals surface area contributed by atoms with Crippen LogP contribution in [0.3, 0.4) is 0 Å². The Hall–Kier alpha value is -2.15. The highest BCUT2D eigenvalue weighted by Gasteiger charge is 2.03. The summed E-state index contributed by atoms with van der Waals surface area (Å²) in [6, 6.07) is 9.49. The van der Waals surface area contributed by atoms with Crippen LogP contribution in [0.5, 0.6) is 0 Å². The maximum Gasteiger partial charge on any atom is 0.144 e. The molecular weight excluding hydrogens is 181 g/mol. The van der Waals surface area contributed by atoms with Crippen LogP contribution in [0.25, 0.3) is 5.69 Å². The quantitative estimate of drug-likeness (QED) is 0.684. The standard InChI is InChI=1S/C10H6FN3/c11-8-2-1-3-9(6-8)14-10(7-12)4-5-13-14/h1-6H. The second kappa shape index (κ2) is 3.30.